The average molecular weight is 363 g/mol. The monoisotopic (exact) mass is 363 g/mol. The fourth-order valence-corrected chi connectivity index (χ4v) is 2.93. The van der Waals surface area contributed by atoms with E-state index in [2.05, 4.69) is 15.5 Å². The third kappa shape index (κ3) is 4.34. The van der Waals surface area contributed by atoms with E-state index in [-0.39, 0.29) is 12.3 Å². The molecule has 1 amide bonds. The third-order valence-corrected chi connectivity index (χ3v) is 4.49. The highest BCUT2D eigenvalue weighted by molar-refractivity contribution is 5.93. The summed E-state index contributed by atoms with van der Waals surface area (Å²) in [6.45, 7) is 2.28. The number of carbonyl (C=O) groups excluding carboxylic acids is 1. The lowest BCUT2D eigenvalue weighted by atomic mass is 10.1. The minimum atomic E-state index is -0.0902. The van der Waals surface area contributed by atoms with Crippen LogP contribution in [0.3, 0.4) is 0 Å². The van der Waals surface area contributed by atoms with Crippen molar-refractivity contribution in [1.82, 2.24) is 10.1 Å². The molecular weight excluding hydrogens is 342 g/mol. The molecule has 27 heavy (non-hydrogen) atoms. The zero-order valence-corrected chi connectivity index (χ0v) is 15.1. The molecular formula is C21H21N3O3. The maximum atomic E-state index is 12.5. The van der Waals surface area contributed by atoms with Crippen LogP contribution in [0.5, 0.6) is 5.75 Å². The number of pyridine rings is 1. The van der Waals surface area contributed by atoms with Gasteiger partial charge in [0.2, 0.25) is 5.91 Å². The second-order valence-electron chi connectivity index (χ2n) is 6.80. The Morgan fingerprint density at radius 3 is 2.89 bits per heavy atom. The summed E-state index contributed by atoms with van der Waals surface area (Å²) < 4.78 is 11.2. The molecule has 0 radical (unpaired) electrons. The molecule has 6 heteroatoms. The molecule has 0 saturated heterocycles. The lowest BCUT2D eigenvalue weighted by Gasteiger charge is -2.09. The van der Waals surface area contributed by atoms with E-state index in [0.29, 0.717) is 12.5 Å². The molecule has 1 N–H and O–H groups in total. The third-order valence-electron chi connectivity index (χ3n) is 4.49. The van der Waals surface area contributed by atoms with Crippen molar-refractivity contribution in [3.05, 3.63) is 71.4 Å². The number of nitrogens with zero attached hydrogens (tertiary/aromatic N) is 2. The van der Waals surface area contributed by atoms with Crippen LogP contribution in [0, 0.1) is 6.92 Å². The highest BCUT2D eigenvalue weighted by Crippen LogP contribution is 2.44. The lowest BCUT2D eigenvalue weighted by Crippen LogP contribution is -2.15. The summed E-state index contributed by atoms with van der Waals surface area (Å²) in [5.41, 5.74) is 3.33. The van der Waals surface area contributed by atoms with Crippen LogP contribution in [-0.4, -0.2) is 16.0 Å². The van der Waals surface area contributed by atoms with Crippen molar-refractivity contribution in [2.75, 3.05) is 5.32 Å². The van der Waals surface area contributed by atoms with Gasteiger partial charge in [-0.2, -0.15) is 0 Å². The van der Waals surface area contributed by atoms with Gasteiger partial charge in [-0.3, -0.25) is 9.78 Å². The molecule has 1 fully saturated rings. The van der Waals surface area contributed by atoms with Crippen LogP contribution in [0.25, 0.3) is 0 Å². The molecule has 4 rings (SSSR count). The molecule has 6 nitrogen and oxygen atoms in total. The Balaban J connectivity index is 1.38. The summed E-state index contributed by atoms with van der Waals surface area (Å²) in [6, 6.07) is 11.4. The Bertz CT molecular complexity index is 933. The Morgan fingerprint density at radius 1 is 1.26 bits per heavy atom. The number of hydrogen-bond donors (Lipinski definition) is 1. The molecule has 1 aliphatic carbocycles. The van der Waals surface area contributed by atoms with Crippen molar-refractivity contribution in [3.63, 3.8) is 0 Å². The van der Waals surface area contributed by atoms with Gasteiger partial charge < -0.3 is 14.6 Å². The minimum Gasteiger partial charge on any atom is -0.489 e. The Kier molecular flexibility index (Phi) is 4.87. The van der Waals surface area contributed by atoms with Gasteiger partial charge in [0.1, 0.15) is 23.7 Å². The number of carbonyl (C=O) groups is 1. The molecule has 138 valence electrons. The van der Waals surface area contributed by atoms with E-state index in [9.17, 15) is 4.79 Å². The van der Waals surface area contributed by atoms with Gasteiger partial charge in [0.25, 0.3) is 0 Å². The first-order valence-corrected chi connectivity index (χ1v) is 9.05. The quantitative estimate of drug-likeness (QED) is 0.686. The number of ether oxygens (including phenoxy) is 1. The second-order valence-corrected chi connectivity index (χ2v) is 6.80. The van der Waals surface area contributed by atoms with Crippen molar-refractivity contribution >= 4 is 11.6 Å². The van der Waals surface area contributed by atoms with Crippen molar-refractivity contribution in [1.29, 1.82) is 0 Å². The number of amides is 1. The van der Waals surface area contributed by atoms with Crippen LogP contribution in [0.1, 0.15) is 41.3 Å². The van der Waals surface area contributed by atoms with Crippen LogP contribution in [-0.2, 0) is 17.8 Å². The van der Waals surface area contributed by atoms with Gasteiger partial charge >= 0.3 is 0 Å². The predicted octanol–water partition coefficient (Wildman–Crippen LogP) is 4.02. The van der Waals surface area contributed by atoms with Crippen molar-refractivity contribution in [3.8, 4) is 5.75 Å². The summed E-state index contributed by atoms with van der Waals surface area (Å²) in [6.07, 6.45) is 5.95. The number of aryl methyl sites for hydroxylation is 1. The topological polar surface area (TPSA) is 77.2 Å². The van der Waals surface area contributed by atoms with E-state index < -0.39 is 0 Å². The van der Waals surface area contributed by atoms with Crippen LogP contribution in [0.15, 0.2) is 53.3 Å². The van der Waals surface area contributed by atoms with Gasteiger partial charge in [0, 0.05) is 23.9 Å². The Morgan fingerprint density at radius 2 is 2.11 bits per heavy atom. The standard InChI is InChI=1S/C21H21N3O3/c1-14-20(21(27-24-14)17-7-8-17)23-19(25)11-15-4-2-6-18(10-15)26-13-16-5-3-9-22-12-16/h2-6,9-10,12,17H,7-8,11,13H2,1H3,(H,23,25). The van der Waals surface area contributed by atoms with Crippen LogP contribution in [0.2, 0.25) is 0 Å². The van der Waals surface area contributed by atoms with Gasteiger partial charge in [-0.1, -0.05) is 23.4 Å². The summed E-state index contributed by atoms with van der Waals surface area (Å²) in [5.74, 6) is 1.83. The molecule has 3 aromatic rings. The van der Waals surface area contributed by atoms with E-state index in [0.717, 1.165) is 46.9 Å². The zero-order chi connectivity index (χ0) is 18.6. The van der Waals surface area contributed by atoms with Crippen LogP contribution in [0.4, 0.5) is 5.69 Å². The van der Waals surface area contributed by atoms with Crippen LogP contribution >= 0.6 is 0 Å². The zero-order valence-electron chi connectivity index (χ0n) is 15.1. The van der Waals surface area contributed by atoms with E-state index >= 15 is 0 Å². The fourth-order valence-electron chi connectivity index (χ4n) is 2.93. The first kappa shape index (κ1) is 17.3. The lowest BCUT2D eigenvalue weighted by molar-refractivity contribution is -0.115. The molecule has 0 spiro atoms. The molecule has 0 atom stereocenters. The molecule has 2 aromatic heterocycles. The SMILES string of the molecule is Cc1noc(C2CC2)c1NC(=O)Cc1cccc(OCc2cccnc2)c1. The van der Waals surface area contributed by atoms with Gasteiger partial charge in [0.05, 0.1) is 6.42 Å². The largest absolute Gasteiger partial charge is 0.489 e. The van der Waals surface area contributed by atoms with Crippen molar-refractivity contribution < 1.29 is 14.1 Å². The highest BCUT2D eigenvalue weighted by Gasteiger charge is 2.32. The Labute approximate surface area is 157 Å². The molecule has 0 aliphatic heterocycles. The number of nitrogens with one attached hydrogen (secondary N) is 1. The van der Waals surface area contributed by atoms with E-state index in [1.54, 1.807) is 12.4 Å². The van der Waals surface area contributed by atoms with Crippen LogP contribution < -0.4 is 10.1 Å². The second kappa shape index (κ2) is 7.61. The number of rotatable bonds is 7. The summed E-state index contributed by atoms with van der Waals surface area (Å²) in [7, 11) is 0. The summed E-state index contributed by atoms with van der Waals surface area (Å²) >= 11 is 0. The van der Waals surface area contributed by atoms with Gasteiger partial charge in [-0.05, 0) is 43.5 Å². The molecule has 0 unspecified atom stereocenters. The number of anilines is 1. The summed E-state index contributed by atoms with van der Waals surface area (Å²) in [4.78, 5) is 16.6. The smallest absolute Gasteiger partial charge is 0.228 e. The first-order chi connectivity index (χ1) is 13.2. The Hall–Kier alpha value is -3.15. The van der Waals surface area contributed by atoms with Gasteiger partial charge in [0.15, 0.2) is 5.76 Å². The maximum absolute atomic E-state index is 12.5. The molecule has 1 aromatic carbocycles. The van der Waals surface area contributed by atoms with Gasteiger partial charge in [-0.15, -0.1) is 0 Å². The maximum Gasteiger partial charge on any atom is 0.228 e. The van der Waals surface area contributed by atoms with E-state index in [1.165, 1.54) is 0 Å². The van der Waals surface area contributed by atoms with E-state index in [4.69, 9.17) is 9.26 Å². The fraction of sp³-hybridized carbons (Fsp3) is 0.286. The average Bonchev–Trinajstić information content (AvgIpc) is 3.46. The number of hydrogen-bond acceptors (Lipinski definition) is 5. The van der Waals surface area contributed by atoms with Crippen molar-refractivity contribution in [2.45, 2.75) is 38.7 Å². The predicted molar refractivity (Wildman–Crippen MR) is 101 cm³/mol. The van der Waals surface area contributed by atoms with Crippen molar-refractivity contribution in [2.24, 2.45) is 0 Å². The van der Waals surface area contributed by atoms with Gasteiger partial charge in [-0.25, -0.2) is 0 Å². The molecule has 0 bridgehead atoms. The summed E-state index contributed by atoms with van der Waals surface area (Å²) in [5, 5.41) is 6.95. The highest BCUT2D eigenvalue weighted by atomic mass is 16.5. The number of aromatic nitrogens is 2. The molecule has 1 aliphatic rings. The normalized spacial score (nSPS) is 13.4. The molecule has 2 heterocycles. The molecule has 1 saturated carbocycles. The number of benzene rings is 1. The first-order valence-electron chi connectivity index (χ1n) is 9.05. The van der Waals surface area contributed by atoms with E-state index in [1.807, 2.05) is 43.3 Å². The minimum absolute atomic E-state index is 0.0902.